The number of para-hydroxylation sites is 1. The van der Waals surface area contributed by atoms with Crippen molar-refractivity contribution >= 4 is 5.95 Å². The van der Waals surface area contributed by atoms with Gasteiger partial charge in [0, 0.05) is 38.2 Å². The predicted molar refractivity (Wildman–Crippen MR) is 92.7 cm³/mol. The molecule has 134 valence electrons. The third-order valence-electron chi connectivity index (χ3n) is 4.96. The second-order valence-electron chi connectivity index (χ2n) is 6.47. The molecular weight excluding hydrogens is 320 g/mol. The van der Waals surface area contributed by atoms with Crippen molar-refractivity contribution in [1.29, 1.82) is 0 Å². The van der Waals surface area contributed by atoms with E-state index in [1.54, 1.807) is 4.68 Å². The van der Waals surface area contributed by atoms with Crippen molar-refractivity contribution in [3.63, 3.8) is 0 Å². The summed E-state index contributed by atoms with van der Waals surface area (Å²) in [5.41, 5.74) is 0.946. The van der Waals surface area contributed by atoms with Gasteiger partial charge in [-0.25, -0.2) is 0 Å². The molecule has 0 amide bonds. The number of morpholine rings is 1. The Balaban J connectivity index is 1.47. The summed E-state index contributed by atoms with van der Waals surface area (Å²) >= 11 is 0. The number of hydrogen-bond acceptors (Lipinski definition) is 7. The van der Waals surface area contributed by atoms with Gasteiger partial charge in [-0.15, -0.1) is 0 Å². The van der Waals surface area contributed by atoms with E-state index in [0.29, 0.717) is 17.9 Å². The maximum atomic E-state index is 5.63. The third-order valence-corrected chi connectivity index (χ3v) is 4.96. The van der Waals surface area contributed by atoms with E-state index in [9.17, 15) is 0 Å². The van der Waals surface area contributed by atoms with Crippen LogP contribution in [0.2, 0.25) is 0 Å². The van der Waals surface area contributed by atoms with E-state index < -0.39 is 0 Å². The van der Waals surface area contributed by atoms with Gasteiger partial charge in [0.2, 0.25) is 5.95 Å². The number of benzene rings is 1. The number of nitrogens with zero attached hydrogens (tertiary/aromatic N) is 5. The minimum Gasteiger partial charge on any atom is -0.381 e. The largest absolute Gasteiger partial charge is 0.381 e. The van der Waals surface area contributed by atoms with Gasteiger partial charge in [-0.2, -0.15) is 4.68 Å². The fourth-order valence-corrected chi connectivity index (χ4v) is 3.60. The molecule has 2 aromatic rings. The van der Waals surface area contributed by atoms with Gasteiger partial charge in [0.25, 0.3) is 0 Å². The van der Waals surface area contributed by atoms with Crippen LogP contribution >= 0.6 is 0 Å². The second kappa shape index (κ2) is 7.90. The Kier molecular flexibility index (Phi) is 5.19. The van der Waals surface area contributed by atoms with Gasteiger partial charge in [-0.1, -0.05) is 23.3 Å². The van der Waals surface area contributed by atoms with E-state index >= 15 is 0 Å². The molecule has 8 heteroatoms. The average Bonchev–Trinajstić information content (AvgIpc) is 3.36. The van der Waals surface area contributed by atoms with E-state index in [0.717, 1.165) is 58.2 Å². The van der Waals surface area contributed by atoms with Crippen LogP contribution in [0.15, 0.2) is 30.3 Å². The molecule has 0 unspecified atom stereocenters. The fraction of sp³-hybridized carbons (Fsp3) is 0.588. The van der Waals surface area contributed by atoms with Gasteiger partial charge in [0.15, 0.2) is 0 Å². The summed E-state index contributed by atoms with van der Waals surface area (Å²) < 4.78 is 12.9. The Labute approximate surface area is 147 Å². The zero-order chi connectivity index (χ0) is 16.9. The minimum absolute atomic E-state index is 0.396. The maximum absolute atomic E-state index is 5.63. The second-order valence-corrected chi connectivity index (χ2v) is 6.47. The van der Waals surface area contributed by atoms with Crippen LogP contribution < -0.4 is 5.32 Å². The van der Waals surface area contributed by atoms with Gasteiger partial charge in [-0.05, 0) is 29.0 Å². The highest BCUT2D eigenvalue weighted by Gasteiger charge is 2.31. The van der Waals surface area contributed by atoms with E-state index in [1.807, 2.05) is 30.3 Å². The van der Waals surface area contributed by atoms with Crippen LogP contribution in [-0.2, 0) is 9.47 Å². The Bertz CT molecular complexity index is 652. The van der Waals surface area contributed by atoms with E-state index in [-0.39, 0.29) is 0 Å². The molecule has 1 aromatic heterocycles. The molecule has 2 aliphatic rings. The molecular formula is C17H24N6O2. The summed E-state index contributed by atoms with van der Waals surface area (Å²) in [6, 6.07) is 10.3. The average molecular weight is 344 g/mol. The van der Waals surface area contributed by atoms with Crippen LogP contribution in [0, 0.1) is 5.92 Å². The summed E-state index contributed by atoms with van der Waals surface area (Å²) in [6.45, 7) is 6.00. The highest BCUT2D eigenvalue weighted by atomic mass is 16.5. The van der Waals surface area contributed by atoms with Gasteiger partial charge in [0.1, 0.15) is 0 Å². The van der Waals surface area contributed by atoms with Gasteiger partial charge >= 0.3 is 0 Å². The number of ether oxygens (including phenoxy) is 2. The number of tetrazole rings is 1. The molecule has 25 heavy (non-hydrogen) atoms. The zero-order valence-electron chi connectivity index (χ0n) is 14.3. The number of rotatable bonds is 6. The topological polar surface area (TPSA) is 77.3 Å². The van der Waals surface area contributed by atoms with Gasteiger partial charge in [-0.3, -0.25) is 4.90 Å². The molecule has 1 aromatic carbocycles. The molecule has 8 nitrogen and oxygen atoms in total. The highest BCUT2D eigenvalue weighted by Crippen LogP contribution is 2.23. The molecule has 0 spiro atoms. The first-order valence-electron chi connectivity index (χ1n) is 8.89. The molecule has 0 aliphatic carbocycles. The molecule has 2 atom stereocenters. The van der Waals surface area contributed by atoms with Crippen molar-refractivity contribution in [1.82, 2.24) is 25.1 Å². The summed E-state index contributed by atoms with van der Waals surface area (Å²) in [4.78, 5) is 2.51. The molecule has 2 aliphatic heterocycles. The Morgan fingerprint density at radius 3 is 2.72 bits per heavy atom. The molecule has 0 radical (unpaired) electrons. The monoisotopic (exact) mass is 344 g/mol. The van der Waals surface area contributed by atoms with Crippen LogP contribution in [-0.4, -0.2) is 77.2 Å². The number of nitrogens with one attached hydrogen (secondary N) is 1. The number of hydrogen-bond donors (Lipinski definition) is 1. The van der Waals surface area contributed by atoms with Gasteiger partial charge < -0.3 is 14.8 Å². The molecule has 0 bridgehead atoms. The Hall–Kier alpha value is -2.03. The van der Waals surface area contributed by atoms with E-state index in [2.05, 4.69) is 25.7 Å². The Morgan fingerprint density at radius 2 is 1.96 bits per heavy atom. The highest BCUT2D eigenvalue weighted by molar-refractivity contribution is 5.38. The molecule has 4 rings (SSSR count). The number of anilines is 1. The summed E-state index contributed by atoms with van der Waals surface area (Å²) in [5, 5.41) is 15.5. The van der Waals surface area contributed by atoms with Crippen LogP contribution in [0.25, 0.3) is 5.69 Å². The van der Waals surface area contributed by atoms with Crippen molar-refractivity contribution in [2.75, 3.05) is 51.4 Å². The molecule has 1 N–H and O–H groups in total. The first kappa shape index (κ1) is 16.4. The van der Waals surface area contributed by atoms with Gasteiger partial charge in [0.05, 0.1) is 25.5 Å². The summed E-state index contributed by atoms with van der Waals surface area (Å²) in [7, 11) is 0. The van der Waals surface area contributed by atoms with Crippen LogP contribution in [0.5, 0.6) is 0 Å². The molecule has 3 heterocycles. The Morgan fingerprint density at radius 1 is 1.12 bits per heavy atom. The maximum Gasteiger partial charge on any atom is 0.247 e. The molecule has 2 saturated heterocycles. The number of aromatic nitrogens is 4. The lowest BCUT2D eigenvalue weighted by molar-refractivity contribution is 0.00457. The quantitative estimate of drug-likeness (QED) is 0.831. The van der Waals surface area contributed by atoms with Crippen molar-refractivity contribution in [3.05, 3.63) is 30.3 Å². The van der Waals surface area contributed by atoms with Crippen LogP contribution in [0.3, 0.4) is 0 Å². The zero-order valence-corrected chi connectivity index (χ0v) is 14.3. The summed E-state index contributed by atoms with van der Waals surface area (Å²) in [5.74, 6) is 1.20. The van der Waals surface area contributed by atoms with Crippen LogP contribution in [0.4, 0.5) is 5.95 Å². The fourth-order valence-electron chi connectivity index (χ4n) is 3.60. The third kappa shape index (κ3) is 3.81. The van der Waals surface area contributed by atoms with E-state index in [4.69, 9.17) is 9.47 Å². The predicted octanol–water partition coefficient (Wildman–Crippen LogP) is 0.812. The summed E-state index contributed by atoms with van der Waals surface area (Å²) in [6.07, 6.45) is 1.10. The van der Waals surface area contributed by atoms with Crippen molar-refractivity contribution in [3.8, 4) is 5.69 Å². The lowest BCUT2D eigenvalue weighted by atomic mass is 9.97. The normalized spacial score (nSPS) is 22.8. The SMILES string of the molecule is c1ccc(-n2nnnc2NC[C@@H]([C@H]2CCOC2)N2CCOCC2)cc1. The smallest absolute Gasteiger partial charge is 0.247 e. The minimum atomic E-state index is 0.396. The first-order valence-corrected chi connectivity index (χ1v) is 8.89. The molecule has 2 fully saturated rings. The lowest BCUT2D eigenvalue weighted by Crippen LogP contribution is -2.50. The first-order chi connectivity index (χ1) is 12.4. The lowest BCUT2D eigenvalue weighted by Gasteiger charge is -2.37. The van der Waals surface area contributed by atoms with Crippen molar-refractivity contribution in [2.45, 2.75) is 12.5 Å². The molecule has 0 saturated carbocycles. The van der Waals surface area contributed by atoms with Crippen molar-refractivity contribution < 1.29 is 9.47 Å². The standard InChI is InChI=1S/C17H24N6O2/c1-2-4-15(5-3-1)23-17(19-20-21-23)18-12-16(14-6-9-25-13-14)22-7-10-24-11-8-22/h1-5,14,16H,6-13H2,(H,18,19,21)/t14-,16-/m0/s1. The van der Waals surface area contributed by atoms with Crippen LogP contribution in [0.1, 0.15) is 6.42 Å². The van der Waals surface area contributed by atoms with E-state index in [1.165, 1.54) is 0 Å². The van der Waals surface area contributed by atoms with Crippen molar-refractivity contribution in [2.24, 2.45) is 5.92 Å².